The zero-order valence-electron chi connectivity index (χ0n) is 11.8. The van der Waals surface area contributed by atoms with E-state index < -0.39 is 0 Å². The Hall–Kier alpha value is -1.10. The summed E-state index contributed by atoms with van der Waals surface area (Å²) in [7, 11) is 1.58. The zero-order chi connectivity index (χ0) is 15.4. The van der Waals surface area contributed by atoms with E-state index in [1.54, 1.807) is 31.4 Å². The third kappa shape index (κ3) is 3.57. The van der Waals surface area contributed by atoms with Gasteiger partial charge in [-0.05, 0) is 40.7 Å². The maximum atomic E-state index is 14.4. The zero-order valence-corrected chi connectivity index (χ0v) is 14.1. The molecule has 0 aliphatic rings. The molecule has 2 aromatic rings. The average molecular weight is 373 g/mol. The summed E-state index contributed by atoms with van der Waals surface area (Å²) in [6.45, 7) is 2.67. The standard InChI is InChI=1S/C16H16BrClFNO/c1-3-20-16(12-5-4-6-13(17)15(12)19)11-8-7-10(18)9-14(11)21-2/h4-9,16,20H,3H2,1-2H3. The molecule has 112 valence electrons. The van der Waals surface area contributed by atoms with Gasteiger partial charge in [-0.3, -0.25) is 0 Å². The monoisotopic (exact) mass is 371 g/mol. The second-order valence-corrected chi connectivity index (χ2v) is 5.81. The van der Waals surface area contributed by atoms with Crippen LogP contribution in [-0.2, 0) is 0 Å². The highest BCUT2D eigenvalue weighted by Gasteiger charge is 2.21. The fourth-order valence-corrected chi connectivity index (χ4v) is 2.80. The number of halogens is 3. The topological polar surface area (TPSA) is 21.3 Å². The van der Waals surface area contributed by atoms with Crippen molar-refractivity contribution in [2.45, 2.75) is 13.0 Å². The maximum Gasteiger partial charge on any atom is 0.142 e. The molecule has 0 bridgehead atoms. The molecule has 0 radical (unpaired) electrons. The van der Waals surface area contributed by atoms with Gasteiger partial charge in [0, 0.05) is 16.1 Å². The van der Waals surface area contributed by atoms with E-state index >= 15 is 0 Å². The molecular weight excluding hydrogens is 357 g/mol. The smallest absolute Gasteiger partial charge is 0.142 e. The number of methoxy groups -OCH3 is 1. The number of hydrogen-bond donors (Lipinski definition) is 1. The lowest BCUT2D eigenvalue weighted by Crippen LogP contribution is -2.23. The van der Waals surface area contributed by atoms with E-state index in [-0.39, 0.29) is 11.9 Å². The molecule has 1 unspecified atom stereocenters. The Bertz CT molecular complexity index is 636. The number of benzene rings is 2. The van der Waals surface area contributed by atoms with Crippen molar-refractivity contribution in [2.75, 3.05) is 13.7 Å². The molecule has 21 heavy (non-hydrogen) atoms. The van der Waals surface area contributed by atoms with Crippen LogP contribution in [-0.4, -0.2) is 13.7 Å². The van der Waals surface area contributed by atoms with Crippen LogP contribution in [0.2, 0.25) is 5.02 Å². The number of ether oxygens (including phenoxy) is 1. The highest BCUT2D eigenvalue weighted by Crippen LogP contribution is 2.34. The molecule has 0 fully saturated rings. The Labute approximate surface area is 137 Å². The highest BCUT2D eigenvalue weighted by atomic mass is 79.9. The minimum absolute atomic E-state index is 0.277. The van der Waals surface area contributed by atoms with Crippen molar-refractivity contribution in [1.29, 1.82) is 0 Å². The van der Waals surface area contributed by atoms with E-state index in [0.29, 0.717) is 27.4 Å². The second kappa shape index (κ2) is 7.25. The van der Waals surface area contributed by atoms with Gasteiger partial charge in [-0.25, -0.2) is 4.39 Å². The van der Waals surface area contributed by atoms with Crippen LogP contribution in [0, 0.1) is 5.82 Å². The summed E-state index contributed by atoms with van der Waals surface area (Å²) in [5.74, 6) is 0.355. The minimum atomic E-state index is -0.306. The quantitative estimate of drug-likeness (QED) is 0.802. The molecule has 2 aromatic carbocycles. The van der Waals surface area contributed by atoms with Gasteiger partial charge in [-0.1, -0.05) is 36.7 Å². The molecule has 0 saturated heterocycles. The van der Waals surface area contributed by atoms with Crippen molar-refractivity contribution < 1.29 is 9.13 Å². The molecule has 0 saturated carbocycles. The van der Waals surface area contributed by atoms with Crippen LogP contribution in [0.25, 0.3) is 0 Å². The van der Waals surface area contributed by atoms with Gasteiger partial charge in [0.25, 0.3) is 0 Å². The number of nitrogens with one attached hydrogen (secondary N) is 1. The van der Waals surface area contributed by atoms with Crippen molar-refractivity contribution in [1.82, 2.24) is 5.32 Å². The van der Waals surface area contributed by atoms with Crippen molar-refractivity contribution >= 4 is 27.5 Å². The largest absolute Gasteiger partial charge is 0.496 e. The van der Waals surface area contributed by atoms with Gasteiger partial charge in [0.15, 0.2) is 0 Å². The number of hydrogen-bond acceptors (Lipinski definition) is 2. The molecule has 1 atom stereocenters. The van der Waals surface area contributed by atoms with Crippen LogP contribution < -0.4 is 10.1 Å². The van der Waals surface area contributed by atoms with Gasteiger partial charge in [0.2, 0.25) is 0 Å². The van der Waals surface area contributed by atoms with Crippen LogP contribution in [0.4, 0.5) is 4.39 Å². The lowest BCUT2D eigenvalue weighted by atomic mass is 9.97. The van der Waals surface area contributed by atoms with E-state index in [1.807, 2.05) is 19.1 Å². The van der Waals surface area contributed by atoms with E-state index in [1.165, 1.54) is 0 Å². The fraction of sp³-hybridized carbons (Fsp3) is 0.250. The van der Waals surface area contributed by atoms with Gasteiger partial charge in [-0.15, -0.1) is 0 Å². The molecule has 0 aliphatic carbocycles. The molecule has 0 amide bonds. The number of rotatable bonds is 5. The SMILES string of the molecule is CCNC(c1ccc(Cl)cc1OC)c1cccc(Br)c1F. The highest BCUT2D eigenvalue weighted by molar-refractivity contribution is 9.10. The van der Waals surface area contributed by atoms with Crippen molar-refractivity contribution in [3.05, 3.63) is 62.8 Å². The molecule has 0 heterocycles. The summed E-state index contributed by atoms with van der Waals surface area (Å²) in [4.78, 5) is 0. The Morgan fingerprint density at radius 3 is 2.71 bits per heavy atom. The van der Waals surface area contributed by atoms with Crippen LogP contribution in [0.3, 0.4) is 0 Å². The summed E-state index contributed by atoms with van der Waals surface area (Å²) in [5, 5.41) is 3.88. The fourth-order valence-electron chi connectivity index (χ4n) is 2.26. The Balaban J connectivity index is 2.56. The van der Waals surface area contributed by atoms with Crippen molar-refractivity contribution in [2.24, 2.45) is 0 Å². The average Bonchev–Trinajstić information content (AvgIpc) is 2.48. The molecular formula is C16H16BrClFNO. The molecule has 0 aliphatic heterocycles. The first-order valence-electron chi connectivity index (χ1n) is 6.59. The van der Waals surface area contributed by atoms with Gasteiger partial charge >= 0.3 is 0 Å². The van der Waals surface area contributed by atoms with Gasteiger partial charge in [-0.2, -0.15) is 0 Å². The third-order valence-electron chi connectivity index (χ3n) is 3.21. The third-order valence-corrected chi connectivity index (χ3v) is 4.05. The Kier molecular flexibility index (Phi) is 5.62. The van der Waals surface area contributed by atoms with E-state index in [2.05, 4.69) is 21.2 Å². The summed E-state index contributed by atoms with van der Waals surface area (Å²) < 4.78 is 20.2. The lowest BCUT2D eigenvalue weighted by molar-refractivity contribution is 0.403. The first kappa shape index (κ1) is 16.3. The summed E-state index contributed by atoms with van der Waals surface area (Å²) in [6.07, 6.45) is 0. The predicted molar refractivity (Wildman–Crippen MR) is 87.6 cm³/mol. The normalized spacial score (nSPS) is 12.2. The van der Waals surface area contributed by atoms with E-state index in [4.69, 9.17) is 16.3 Å². The Morgan fingerprint density at radius 2 is 2.05 bits per heavy atom. The van der Waals surface area contributed by atoms with E-state index in [9.17, 15) is 4.39 Å². The van der Waals surface area contributed by atoms with Crippen molar-refractivity contribution in [3.63, 3.8) is 0 Å². The molecule has 5 heteroatoms. The molecule has 0 spiro atoms. The summed E-state index contributed by atoms with van der Waals surface area (Å²) in [5.41, 5.74) is 1.41. The molecule has 2 rings (SSSR count). The van der Waals surface area contributed by atoms with Gasteiger partial charge in [0.05, 0.1) is 17.6 Å². The molecule has 1 N–H and O–H groups in total. The van der Waals surface area contributed by atoms with Crippen LogP contribution in [0.15, 0.2) is 40.9 Å². The van der Waals surface area contributed by atoms with Crippen molar-refractivity contribution in [3.8, 4) is 5.75 Å². The van der Waals surface area contributed by atoms with Gasteiger partial charge < -0.3 is 10.1 Å². The summed E-state index contributed by atoms with van der Waals surface area (Å²) in [6, 6.07) is 10.3. The molecule has 0 aromatic heterocycles. The molecule has 2 nitrogen and oxygen atoms in total. The second-order valence-electron chi connectivity index (χ2n) is 4.52. The first-order valence-corrected chi connectivity index (χ1v) is 7.76. The van der Waals surface area contributed by atoms with Crippen LogP contribution >= 0.6 is 27.5 Å². The maximum absolute atomic E-state index is 14.4. The minimum Gasteiger partial charge on any atom is -0.496 e. The van der Waals surface area contributed by atoms with Crippen LogP contribution in [0.1, 0.15) is 24.1 Å². The lowest BCUT2D eigenvalue weighted by Gasteiger charge is -2.22. The van der Waals surface area contributed by atoms with Crippen LogP contribution in [0.5, 0.6) is 5.75 Å². The first-order chi connectivity index (χ1) is 10.1. The van der Waals surface area contributed by atoms with E-state index in [0.717, 1.165) is 5.56 Å². The Morgan fingerprint density at radius 1 is 1.29 bits per heavy atom. The predicted octanol–water partition coefficient (Wildman–Crippen LogP) is 4.95. The summed E-state index contributed by atoms with van der Waals surface area (Å²) >= 11 is 9.23. The van der Waals surface area contributed by atoms with Gasteiger partial charge in [0.1, 0.15) is 11.6 Å².